The summed E-state index contributed by atoms with van der Waals surface area (Å²) in [6.45, 7) is 9.62. The van der Waals surface area contributed by atoms with Crippen molar-refractivity contribution in [2.75, 3.05) is 0 Å². The highest BCUT2D eigenvalue weighted by Crippen LogP contribution is 2.59. The molecule has 0 fully saturated rings. The first-order valence-electron chi connectivity index (χ1n) is 22.3. The summed E-state index contributed by atoms with van der Waals surface area (Å²) in [7, 11) is 0. The van der Waals surface area contributed by atoms with E-state index in [9.17, 15) is 0 Å². The fourth-order valence-electron chi connectivity index (χ4n) is 11.5. The van der Waals surface area contributed by atoms with Gasteiger partial charge in [0, 0.05) is 16.7 Å². The van der Waals surface area contributed by atoms with Crippen LogP contribution in [0, 0.1) is 0 Å². The van der Waals surface area contributed by atoms with Crippen molar-refractivity contribution < 1.29 is 0 Å². The van der Waals surface area contributed by atoms with Crippen molar-refractivity contribution in [3.63, 3.8) is 0 Å². The molecule has 8 aromatic carbocycles. The maximum Gasteiger partial charge on any atom is 0.0158 e. The fraction of sp³-hybridized carbons (Fsp3) is 0.180. The van der Waals surface area contributed by atoms with E-state index in [1.54, 1.807) is 5.57 Å². The van der Waals surface area contributed by atoms with E-state index in [2.05, 4.69) is 222 Å². The minimum absolute atomic E-state index is 0.00453. The summed E-state index contributed by atoms with van der Waals surface area (Å²) >= 11 is 0. The maximum atomic E-state index is 2.51. The SMILES string of the molecule is CC1(C)C2=C(c3ccccc3C2Cc2ccc(-c3ccc(CC(Cc4ccc5c(c4)C(C)(C)c4ccccc4-5)c4ccccc4-c4ccccc4)cc3)cc2)c2ccccc21. The van der Waals surface area contributed by atoms with Gasteiger partial charge in [0.05, 0.1) is 0 Å². The van der Waals surface area contributed by atoms with Gasteiger partial charge in [0.15, 0.2) is 0 Å². The predicted molar refractivity (Wildman–Crippen MR) is 256 cm³/mol. The van der Waals surface area contributed by atoms with Crippen molar-refractivity contribution in [1.29, 1.82) is 0 Å². The maximum absolute atomic E-state index is 2.51. The molecule has 2 unspecified atom stereocenters. The monoisotopic (exact) mass is 784 g/mol. The molecule has 0 heterocycles. The van der Waals surface area contributed by atoms with Crippen molar-refractivity contribution in [2.45, 2.75) is 69.6 Å². The second-order valence-electron chi connectivity index (χ2n) is 18.8. The van der Waals surface area contributed by atoms with Crippen LogP contribution >= 0.6 is 0 Å². The molecule has 0 amide bonds. The largest absolute Gasteiger partial charge is 0.0622 e. The molecule has 11 rings (SSSR count). The zero-order valence-corrected chi connectivity index (χ0v) is 35.8. The number of allylic oxidation sites excluding steroid dienone is 1. The van der Waals surface area contributed by atoms with E-state index in [0.29, 0.717) is 11.8 Å². The Bertz CT molecular complexity index is 2970. The summed E-state index contributed by atoms with van der Waals surface area (Å²) in [5, 5.41) is 0. The van der Waals surface area contributed by atoms with E-state index in [4.69, 9.17) is 0 Å². The summed E-state index contributed by atoms with van der Waals surface area (Å²) in [6.07, 6.45) is 2.94. The topological polar surface area (TPSA) is 0 Å². The third-order valence-corrected chi connectivity index (χ3v) is 14.5. The Hall–Kier alpha value is -6.50. The van der Waals surface area contributed by atoms with Gasteiger partial charge in [-0.15, -0.1) is 0 Å². The Morgan fingerprint density at radius 3 is 1.64 bits per heavy atom. The summed E-state index contributed by atoms with van der Waals surface area (Å²) in [5.74, 6) is 0.679. The zero-order valence-electron chi connectivity index (χ0n) is 35.8. The van der Waals surface area contributed by atoms with Gasteiger partial charge < -0.3 is 0 Å². The minimum Gasteiger partial charge on any atom is -0.0622 e. The fourth-order valence-corrected chi connectivity index (χ4v) is 11.5. The number of rotatable bonds is 9. The Balaban J connectivity index is 0.869. The standard InChI is InChI=1S/C61H52/c1-60(2)55-24-14-12-21-50(55)51-35-30-42(39-57(51)60)37-46(48-19-9-8-18-47(48)45-16-6-5-7-17-45)36-40-26-31-43(32-27-40)44-33-28-41(29-34-44)38-54-49-20-10-11-22-52(49)58-53-23-13-15-25-56(53)61(3,4)59(54)58/h5-35,39,46,54H,36-38H2,1-4H3. The van der Waals surface area contributed by atoms with Gasteiger partial charge in [-0.05, 0) is 125 Å². The van der Waals surface area contributed by atoms with Gasteiger partial charge >= 0.3 is 0 Å². The van der Waals surface area contributed by atoms with Gasteiger partial charge in [0.2, 0.25) is 0 Å². The molecule has 0 aliphatic heterocycles. The first-order valence-corrected chi connectivity index (χ1v) is 22.3. The molecule has 0 nitrogen and oxygen atoms in total. The molecular formula is C61H52. The Kier molecular flexibility index (Phi) is 8.97. The van der Waals surface area contributed by atoms with E-state index < -0.39 is 0 Å². The van der Waals surface area contributed by atoms with Crippen molar-refractivity contribution in [3.05, 3.63) is 255 Å². The van der Waals surface area contributed by atoms with E-state index in [1.807, 2.05) is 0 Å². The van der Waals surface area contributed by atoms with Gasteiger partial charge in [-0.3, -0.25) is 0 Å². The Morgan fingerprint density at radius 2 is 0.918 bits per heavy atom. The molecule has 0 radical (unpaired) electrons. The molecule has 0 aromatic heterocycles. The van der Waals surface area contributed by atoms with E-state index >= 15 is 0 Å². The lowest BCUT2D eigenvalue weighted by molar-refractivity contribution is 0.576. The molecule has 0 bridgehead atoms. The summed E-state index contributed by atoms with van der Waals surface area (Å²) in [6, 6.07) is 73.3. The van der Waals surface area contributed by atoms with E-state index in [-0.39, 0.29) is 10.8 Å². The first-order chi connectivity index (χ1) is 29.8. The molecule has 8 aromatic rings. The molecule has 3 aliphatic carbocycles. The van der Waals surface area contributed by atoms with Gasteiger partial charge in [0.1, 0.15) is 0 Å². The molecule has 0 spiro atoms. The smallest absolute Gasteiger partial charge is 0.0158 e. The molecule has 296 valence electrons. The van der Waals surface area contributed by atoms with E-state index in [1.165, 1.54) is 94.6 Å². The number of fused-ring (bicyclic) bond motifs is 7. The average molecular weight is 785 g/mol. The summed E-state index contributed by atoms with van der Waals surface area (Å²) < 4.78 is 0. The van der Waals surface area contributed by atoms with Gasteiger partial charge in [-0.25, -0.2) is 0 Å². The predicted octanol–water partition coefficient (Wildman–Crippen LogP) is 15.3. The van der Waals surface area contributed by atoms with Crippen LogP contribution in [0.5, 0.6) is 0 Å². The normalized spacial score (nSPS) is 16.7. The highest BCUT2D eigenvalue weighted by Gasteiger charge is 2.46. The van der Waals surface area contributed by atoms with Crippen molar-refractivity contribution in [2.24, 2.45) is 0 Å². The third kappa shape index (κ3) is 6.26. The van der Waals surface area contributed by atoms with Crippen LogP contribution in [0.1, 0.15) is 95.2 Å². The lowest BCUT2D eigenvalue weighted by atomic mass is 9.73. The highest BCUT2D eigenvalue weighted by molar-refractivity contribution is 5.95. The van der Waals surface area contributed by atoms with Crippen LogP contribution < -0.4 is 0 Å². The summed E-state index contributed by atoms with van der Waals surface area (Å²) in [5.41, 5.74) is 25.2. The van der Waals surface area contributed by atoms with Crippen LogP contribution in [-0.4, -0.2) is 0 Å². The quantitative estimate of drug-likeness (QED) is 0.137. The lowest BCUT2D eigenvalue weighted by Crippen LogP contribution is -2.22. The number of benzene rings is 8. The molecule has 3 aliphatic rings. The number of hydrogen-bond acceptors (Lipinski definition) is 0. The molecule has 0 saturated carbocycles. The average Bonchev–Trinajstić information content (AvgIpc) is 3.84. The molecule has 61 heavy (non-hydrogen) atoms. The molecule has 2 atom stereocenters. The van der Waals surface area contributed by atoms with Crippen LogP contribution in [0.2, 0.25) is 0 Å². The minimum atomic E-state index is -0.0179. The van der Waals surface area contributed by atoms with Gasteiger partial charge in [0.25, 0.3) is 0 Å². The Labute approximate surface area is 362 Å². The lowest BCUT2D eigenvalue weighted by Gasteiger charge is -2.30. The molecule has 0 saturated heterocycles. The van der Waals surface area contributed by atoms with Crippen LogP contribution in [-0.2, 0) is 30.1 Å². The van der Waals surface area contributed by atoms with Crippen LogP contribution in [0.3, 0.4) is 0 Å². The highest BCUT2D eigenvalue weighted by atomic mass is 14.5. The second kappa shape index (κ2) is 14.6. The van der Waals surface area contributed by atoms with Gasteiger partial charge in [-0.2, -0.15) is 0 Å². The van der Waals surface area contributed by atoms with Gasteiger partial charge in [-0.1, -0.05) is 222 Å². The van der Waals surface area contributed by atoms with Crippen molar-refractivity contribution in [1.82, 2.24) is 0 Å². The molecular weight excluding hydrogens is 733 g/mol. The van der Waals surface area contributed by atoms with Crippen LogP contribution in [0.15, 0.2) is 200 Å². The zero-order chi connectivity index (χ0) is 41.3. The van der Waals surface area contributed by atoms with E-state index in [0.717, 1.165) is 19.3 Å². The van der Waals surface area contributed by atoms with Crippen molar-refractivity contribution in [3.8, 4) is 33.4 Å². The second-order valence-corrected chi connectivity index (χ2v) is 18.8. The molecule has 0 N–H and O–H groups in total. The van der Waals surface area contributed by atoms with Crippen LogP contribution in [0.25, 0.3) is 39.0 Å². The summed E-state index contributed by atoms with van der Waals surface area (Å²) in [4.78, 5) is 0. The third-order valence-electron chi connectivity index (χ3n) is 14.5. The number of hydrogen-bond donors (Lipinski definition) is 0. The Morgan fingerprint density at radius 1 is 0.393 bits per heavy atom. The van der Waals surface area contributed by atoms with Crippen molar-refractivity contribution >= 4 is 5.57 Å². The van der Waals surface area contributed by atoms with Crippen LogP contribution in [0.4, 0.5) is 0 Å². The molecule has 0 heteroatoms. The first kappa shape index (κ1) is 37.5.